The summed E-state index contributed by atoms with van der Waals surface area (Å²) in [5.41, 5.74) is 2.34. The lowest BCUT2D eigenvalue weighted by Crippen LogP contribution is -2.07. The van der Waals surface area contributed by atoms with Crippen LogP contribution in [0.4, 0.5) is 5.69 Å². The van der Waals surface area contributed by atoms with Gasteiger partial charge in [-0.05, 0) is 18.6 Å². The van der Waals surface area contributed by atoms with Crippen molar-refractivity contribution in [2.45, 2.75) is 26.4 Å². The second-order valence-corrected chi connectivity index (χ2v) is 4.83. The van der Waals surface area contributed by atoms with Crippen LogP contribution in [0.1, 0.15) is 19.0 Å². The largest absolute Gasteiger partial charge is 0.379 e. The molecule has 0 amide bonds. The van der Waals surface area contributed by atoms with Crippen LogP contribution < -0.4 is 5.32 Å². The van der Waals surface area contributed by atoms with E-state index in [9.17, 15) is 0 Å². The van der Waals surface area contributed by atoms with E-state index in [0.29, 0.717) is 0 Å². The maximum absolute atomic E-state index is 4.23. The number of rotatable bonds is 5. The first-order chi connectivity index (χ1) is 9.88. The van der Waals surface area contributed by atoms with Gasteiger partial charge in [0.15, 0.2) is 0 Å². The number of hydrogen-bond donors (Lipinski definition) is 1. The van der Waals surface area contributed by atoms with Gasteiger partial charge >= 0.3 is 0 Å². The zero-order valence-electron chi connectivity index (χ0n) is 11.6. The summed E-state index contributed by atoms with van der Waals surface area (Å²) < 4.78 is 2.19. The van der Waals surface area contributed by atoms with Crippen LogP contribution in [0.2, 0.25) is 0 Å². The average Bonchev–Trinajstić information content (AvgIpc) is 2.93. The highest BCUT2D eigenvalue weighted by Gasteiger charge is 2.03. The predicted molar refractivity (Wildman–Crippen MR) is 81.6 cm³/mol. The summed E-state index contributed by atoms with van der Waals surface area (Å²) in [7, 11) is 0. The van der Waals surface area contributed by atoms with E-state index in [1.165, 1.54) is 11.1 Å². The molecule has 3 aromatic rings. The number of pyridine rings is 1. The number of anilines is 1. The molecule has 1 N–H and O–H groups in total. The number of benzene rings is 1. The van der Waals surface area contributed by atoms with Crippen molar-refractivity contribution in [1.82, 2.24) is 14.5 Å². The Morgan fingerprint density at radius 3 is 3.00 bits per heavy atom. The summed E-state index contributed by atoms with van der Waals surface area (Å²) in [5.74, 6) is 0. The highest BCUT2D eigenvalue weighted by Crippen LogP contribution is 2.22. The summed E-state index contributed by atoms with van der Waals surface area (Å²) in [6.07, 6.45) is 8.66. The van der Waals surface area contributed by atoms with Crippen LogP contribution in [0.5, 0.6) is 0 Å². The average molecular weight is 266 g/mol. The Morgan fingerprint density at radius 2 is 2.10 bits per heavy atom. The molecule has 0 fully saturated rings. The number of hydrogen-bond acceptors (Lipinski definition) is 3. The Hall–Kier alpha value is -2.36. The molecule has 3 rings (SSSR count). The molecule has 20 heavy (non-hydrogen) atoms. The molecule has 0 bridgehead atoms. The van der Waals surface area contributed by atoms with Gasteiger partial charge in [0.05, 0.1) is 18.6 Å². The van der Waals surface area contributed by atoms with E-state index in [4.69, 9.17) is 0 Å². The summed E-state index contributed by atoms with van der Waals surface area (Å²) in [6, 6.07) is 8.27. The van der Waals surface area contributed by atoms with Gasteiger partial charge in [0, 0.05) is 41.6 Å². The molecule has 0 aliphatic rings. The number of nitrogens with zero attached hydrogens (tertiary/aromatic N) is 3. The fourth-order valence-electron chi connectivity index (χ4n) is 2.40. The molecule has 2 heterocycles. The molecule has 1 aromatic carbocycles. The molecule has 0 unspecified atom stereocenters. The number of nitrogens with one attached hydrogen (secondary N) is 1. The first kappa shape index (κ1) is 12.7. The molecule has 0 saturated heterocycles. The van der Waals surface area contributed by atoms with Crippen molar-refractivity contribution in [1.29, 1.82) is 0 Å². The molecule has 0 atom stereocenters. The highest BCUT2D eigenvalue weighted by atomic mass is 15.1. The van der Waals surface area contributed by atoms with Crippen LogP contribution in [-0.4, -0.2) is 14.5 Å². The summed E-state index contributed by atoms with van der Waals surface area (Å²) in [6.45, 7) is 3.97. The van der Waals surface area contributed by atoms with E-state index < -0.39 is 0 Å². The summed E-state index contributed by atoms with van der Waals surface area (Å²) in [4.78, 5) is 8.39. The monoisotopic (exact) mass is 266 g/mol. The van der Waals surface area contributed by atoms with Crippen molar-refractivity contribution in [2.75, 3.05) is 5.32 Å². The number of imidazole rings is 1. The van der Waals surface area contributed by atoms with E-state index in [1.807, 2.05) is 31.0 Å². The van der Waals surface area contributed by atoms with Gasteiger partial charge in [-0.2, -0.15) is 0 Å². The highest BCUT2D eigenvalue weighted by molar-refractivity contribution is 5.93. The van der Waals surface area contributed by atoms with Crippen molar-refractivity contribution in [3.05, 3.63) is 54.9 Å². The Labute approximate surface area is 118 Å². The molecular formula is C16H18N4. The smallest absolute Gasteiger partial charge is 0.0948 e. The Balaban J connectivity index is 1.81. The second kappa shape index (κ2) is 5.74. The number of aryl methyl sites for hydroxylation is 1. The van der Waals surface area contributed by atoms with Crippen molar-refractivity contribution in [2.24, 2.45) is 0 Å². The fraction of sp³-hybridized carbons (Fsp3) is 0.250. The Bertz CT molecular complexity index is 697. The zero-order valence-corrected chi connectivity index (χ0v) is 11.6. The van der Waals surface area contributed by atoms with E-state index in [1.54, 1.807) is 0 Å². The van der Waals surface area contributed by atoms with Crippen molar-refractivity contribution < 1.29 is 0 Å². The molecule has 0 spiro atoms. The van der Waals surface area contributed by atoms with Crippen molar-refractivity contribution in [3.8, 4) is 0 Å². The quantitative estimate of drug-likeness (QED) is 0.769. The maximum atomic E-state index is 4.23. The minimum Gasteiger partial charge on any atom is -0.379 e. The SMILES string of the molecule is CCCn1cncc1CNc1cccc2cnccc12. The van der Waals surface area contributed by atoms with Gasteiger partial charge in [0.25, 0.3) is 0 Å². The molecule has 102 valence electrons. The third kappa shape index (κ3) is 2.50. The van der Waals surface area contributed by atoms with Crippen molar-refractivity contribution in [3.63, 3.8) is 0 Å². The van der Waals surface area contributed by atoms with Gasteiger partial charge < -0.3 is 9.88 Å². The topological polar surface area (TPSA) is 42.7 Å². The van der Waals surface area contributed by atoms with E-state index in [-0.39, 0.29) is 0 Å². The van der Waals surface area contributed by atoms with Crippen LogP contribution in [0, 0.1) is 0 Å². The van der Waals surface area contributed by atoms with Gasteiger partial charge in [0.1, 0.15) is 0 Å². The molecule has 4 nitrogen and oxygen atoms in total. The lowest BCUT2D eigenvalue weighted by atomic mass is 10.1. The third-order valence-corrected chi connectivity index (χ3v) is 3.40. The number of fused-ring (bicyclic) bond motifs is 1. The van der Waals surface area contributed by atoms with Crippen LogP contribution in [0.15, 0.2) is 49.2 Å². The summed E-state index contributed by atoms with van der Waals surface area (Å²) >= 11 is 0. The second-order valence-electron chi connectivity index (χ2n) is 4.83. The lowest BCUT2D eigenvalue weighted by molar-refractivity contribution is 0.651. The number of aromatic nitrogens is 3. The molecule has 0 aliphatic carbocycles. The van der Waals surface area contributed by atoms with E-state index >= 15 is 0 Å². The van der Waals surface area contributed by atoms with Gasteiger partial charge in [-0.1, -0.05) is 19.1 Å². The Kier molecular flexibility index (Phi) is 3.63. The maximum Gasteiger partial charge on any atom is 0.0948 e. The van der Waals surface area contributed by atoms with Gasteiger partial charge in [0.2, 0.25) is 0 Å². The van der Waals surface area contributed by atoms with E-state index in [2.05, 4.69) is 45.0 Å². The standard InChI is InChI=1S/C16H18N4/c1-2-8-20-12-18-10-14(20)11-19-16-5-3-4-13-9-17-7-6-15(13)16/h3-7,9-10,12,19H,2,8,11H2,1H3. The zero-order chi connectivity index (χ0) is 13.8. The minimum atomic E-state index is 0.779. The molecule has 0 radical (unpaired) electrons. The molecule has 2 aromatic heterocycles. The van der Waals surface area contributed by atoms with Crippen LogP contribution >= 0.6 is 0 Å². The van der Waals surface area contributed by atoms with Crippen LogP contribution in [0.25, 0.3) is 10.8 Å². The first-order valence-electron chi connectivity index (χ1n) is 6.94. The summed E-state index contributed by atoms with van der Waals surface area (Å²) in [5, 5.41) is 5.85. The molecule has 0 saturated carbocycles. The normalized spacial score (nSPS) is 10.8. The van der Waals surface area contributed by atoms with Gasteiger partial charge in [-0.15, -0.1) is 0 Å². The van der Waals surface area contributed by atoms with Crippen molar-refractivity contribution >= 4 is 16.5 Å². The van der Waals surface area contributed by atoms with Gasteiger partial charge in [-0.3, -0.25) is 4.98 Å². The molecular weight excluding hydrogens is 248 g/mol. The van der Waals surface area contributed by atoms with Gasteiger partial charge in [-0.25, -0.2) is 4.98 Å². The minimum absolute atomic E-state index is 0.779. The Morgan fingerprint density at radius 1 is 1.15 bits per heavy atom. The molecule has 0 aliphatic heterocycles. The fourth-order valence-corrected chi connectivity index (χ4v) is 2.40. The molecule has 4 heteroatoms. The first-order valence-corrected chi connectivity index (χ1v) is 6.94. The van der Waals surface area contributed by atoms with Crippen LogP contribution in [-0.2, 0) is 13.1 Å². The predicted octanol–water partition coefficient (Wildman–Crippen LogP) is 3.45. The third-order valence-electron chi connectivity index (χ3n) is 3.40. The lowest BCUT2D eigenvalue weighted by Gasteiger charge is -2.11. The van der Waals surface area contributed by atoms with Crippen LogP contribution in [0.3, 0.4) is 0 Å². The van der Waals surface area contributed by atoms with E-state index in [0.717, 1.165) is 30.6 Å².